The summed E-state index contributed by atoms with van der Waals surface area (Å²) in [6, 6.07) is 15.8. The molecule has 0 saturated carbocycles. The van der Waals surface area contributed by atoms with Gasteiger partial charge in [-0.3, -0.25) is 10.1 Å². The van der Waals surface area contributed by atoms with E-state index in [0.29, 0.717) is 5.92 Å². The fourth-order valence-corrected chi connectivity index (χ4v) is 2.87. The van der Waals surface area contributed by atoms with Gasteiger partial charge in [0.15, 0.2) is 0 Å². The summed E-state index contributed by atoms with van der Waals surface area (Å²) in [7, 11) is 1.66. The van der Waals surface area contributed by atoms with Crippen LogP contribution in [0.1, 0.15) is 57.2 Å². The summed E-state index contributed by atoms with van der Waals surface area (Å²) in [4.78, 5) is 12.5. The van der Waals surface area contributed by atoms with Crippen molar-refractivity contribution in [2.24, 2.45) is 0 Å². The lowest BCUT2D eigenvalue weighted by molar-refractivity contribution is -0.118. The Bertz CT molecular complexity index is 693. The number of hydrogen-bond donors (Lipinski definition) is 2. The highest BCUT2D eigenvalue weighted by atomic mass is 16.5. The van der Waals surface area contributed by atoms with E-state index >= 15 is 0 Å². The third-order valence-electron chi connectivity index (χ3n) is 4.62. The number of benzene rings is 2. The van der Waals surface area contributed by atoms with Crippen molar-refractivity contribution in [1.29, 1.82) is 0 Å². The molecule has 26 heavy (non-hydrogen) atoms. The summed E-state index contributed by atoms with van der Waals surface area (Å²) in [6.07, 6.45) is 0.896. The average Bonchev–Trinajstić information content (AvgIpc) is 2.66. The second-order valence-electron chi connectivity index (χ2n) is 6.89. The molecule has 4 heteroatoms. The van der Waals surface area contributed by atoms with Gasteiger partial charge in [0.2, 0.25) is 5.91 Å². The van der Waals surface area contributed by atoms with Crippen molar-refractivity contribution in [3.8, 4) is 5.75 Å². The van der Waals surface area contributed by atoms with Gasteiger partial charge in [0, 0.05) is 11.7 Å². The molecule has 2 atom stereocenters. The molecule has 0 bridgehead atoms. The Morgan fingerprint density at radius 2 is 1.54 bits per heavy atom. The second-order valence-corrected chi connectivity index (χ2v) is 6.89. The van der Waals surface area contributed by atoms with Gasteiger partial charge in [-0.2, -0.15) is 0 Å². The molecule has 2 aromatic carbocycles. The van der Waals surface area contributed by atoms with Crippen LogP contribution in [0.25, 0.3) is 0 Å². The predicted molar refractivity (Wildman–Crippen MR) is 108 cm³/mol. The first kappa shape index (κ1) is 20.0. The molecule has 4 nitrogen and oxygen atoms in total. The lowest BCUT2D eigenvalue weighted by Crippen LogP contribution is -2.40. The van der Waals surface area contributed by atoms with Crippen LogP contribution in [0.2, 0.25) is 0 Å². The molecule has 0 saturated heterocycles. The first-order valence-corrected chi connectivity index (χ1v) is 9.25. The van der Waals surface area contributed by atoms with Crippen LogP contribution in [0.15, 0.2) is 48.5 Å². The summed E-state index contributed by atoms with van der Waals surface area (Å²) >= 11 is 0. The molecule has 0 aromatic heterocycles. The van der Waals surface area contributed by atoms with Gasteiger partial charge in [-0.15, -0.1) is 0 Å². The maximum atomic E-state index is 12.5. The normalized spacial score (nSPS) is 13.3. The topological polar surface area (TPSA) is 50.4 Å². The van der Waals surface area contributed by atoms with Crippen LogP contribution in [-0.4, -0.2) is 19.1 Å². The highest BCUT2D eigenvalue weighted by molar-refractivity contribution is 5.94. The van der Waals surface area contributed by atoms with E-state index in [1.54, 1.807) is 7.11 Å². The summed E-state index contributed by atoms with van der Waals surface area (Å²) < 4.78 is 5.21. The largest absolute Gasteiger partial charge is 0.497 e. The van der Waals surface area contributed by atoms with E-state index in [4.69, 9.17) is 4.74 Å². The van der Waals surface area contributed by atoms with Crippen molar-refractivity contribution in [1.82, 2.24) is 5.32 Å². The zero-order valence-electron chi connectivity index (χ0n) is 16.4. The lowest BCUT2D eigenvalue weighted by Gasteiger charge is -2.22. The van der Waals surface area contributed by atoms with Crippen LogP contribution in [0.4, 0.5) is 5.69 Å². The van der Waals surface area contributed by atoms with E-state index in [1.165, 1.54) is 5.56 Å². The lowest BCUT2D eigenvalue weighted by atomic mass is 10.0. The van der Waals surface area contributed by atoms with Crippen LogP contribution in [0.3, 0.4) is 0 Å². The molecule has 2 N–H and O–H groups in total. The second kappa shape index (κ2) is 9.39. The minimum Gasteiger partial charge on any atom is -0.497 e. The quantitative estimate of drug-likeness (QED) is 0.710. The summed E-state index contributed by atoms with van der Waals surface area (Å²) in [5, 5.41) is 6.40. The third-order valence-corrected chi connectivity index (χ3v) is 4.62. The maximum Gasteiger partial charge on any atom is 0.241 e. The number of nitrogens with one attached hydrogen (secondary N) is 2. The number of methoxy groups -OCH3 is 1. The van der Waals surface area contributed by atoms with Crippen molar-refractivity contribution >= 4 is 11.6 Å². The van der Waals surface area contributed by atoms with Gasteiger partial charge >= 0.3 is 0 Å². The Morgan fingerprint density at radius 3 is 2.04 bits per heavy atom. The van der Waals surface area contributed by atoms with Gasteiger partial charge < -0.3 is 10.1 Å². The molecule has 0 unspecified atom stereocenters. The molecule has 0 fully saturated rings. The molecule has 0 heterocycles. The zero-order valence-corrected chi connectivity index (χ0v) is 16.4. The van der Waals surface area contributed by atoms with Crippen molar-refractivity contribution in [2.75, 3.05) is 12.4 Å². The molecule has 0 aliphatic rings. The van der Waals surface area contributed by atoms with Crippen LogP contribution in [-0.2, 0) is 4.79 Å². The standard InChI is InChI=1S/C22H30N2O2/c1-6-21(18-9-13-20(26-5)14-10-18)23-16(4)22(25)24-19-11-7-17(8-12-19)15(2)3/h7-16,21,23H,6H2,1-5H3,(H,24,25)/t16-,21+/m1/s1. The van der Waals surface area contributed by atoms with E-state index in [0.717, 1.165) is 23.4 Å². The van der Waals surface area contributed by atoms with E-state index in [-0.39, 0.29) is 18.0 Å². The van der Waals surface area contributed by atoms with Crippen molar-refractivity contribution in [3.05, 3.63) is 59.7 Å². The van der Waals surface area contributed by atoms with Gasteiger partial charge in [-0.25, -0.2) is 0 Å². The van der Waals surface area contributed by atoms with Crippen LogP contribution in [0.5, 0.6) is 5.75 Å². The first-order chi connectivity index (χ1) is 12.4. The number of hydrogen-bond acceptors (Lipinski definition) is 3. The number of rotatable bonds is 8. The summed E-state index contributed by atoms with van der Waals surface area (Å²) in [5.74, 6) is 1.28. The van der Waals surface area contributed by atoms with E-state index < -0.39 is 0 Å². The monoisotopic (exact) mass is 354 g/mol. The Labute approximate surface area is 157 Å². The molecule has 2 rings (SSSR count). The molecule has 0 radical (unpaired) electrons. The van der Waals surface area contributed by atoms with Crippen LogP contribution < -0.4 is 15.4 Å². The van der Waals surface area contributed by atoms with Gasteiger partial charge in [0.05, 0.1) is 13.2 Å². The fourth-order valence-electron chi connectivity index (χ4n) is 2.87. The Hall–Kier alpha value is -2.33. The van der Waals surface area contributed by atoms with E-state index in [2.05, 4.69) is 43.5 Å². The van der Waals surface area contributed by atoms with E-state index in [9.17, 15) is 4.79 Å². The van der Waals surface area contributed by atoms with Gasteiger partial charge in [0.1, 0.15) is 5.75 Å². The smallest absolute Gasteiger partial charge is 0.241 e. The van der Waals surface area contributed by atoms with Crippen LogP contribution >= 0.6 is 0 Å². The summed E-state index contributed by atoms with van der Waals surface area (Å²) in [5.41, 5.74) is 3.24. The molecule has 2 aromatic rings. The van der Waals surface area contributed by atoms with Crippen molar-refractivity contribution in [2.45, 2.75) is 52.1 Å². The maximum absolute atomic E-state index is 12.5. The zero-order chi connectivity index (χ0) is 19.1. The average molecular weight is 354 g/mol. The highest BCUT2D eigenvalue weighted by Crippen LogP contribution is 2.21. The minimum atomic E-state index is -0.299. The Morgan fingerprint density at radius 1 is 0.962 bits per heavy atom. The molecule has 0 spiro atoms. The molecule has 0 aliphatic carbocycles. The van der Waals surface area contributed by atoms with Crippen molar-refractivity contribution in [3.63, 3.8) is 0 Å². The van der Waals surface area contributed by atoms with Gasteiger partial charge in [0.25, 0.3) is 0 Å². The molecule has 0 aliphatic heterocycles. The van der Waals surface area contributed by atoms with Gasteiger partial charge in [-0.1, -0.05) is 45.0 Å². The van der Waals surface area contributed by atoms with Crippen molar-refractivity contribution < 1.29 is 9.53 Å². The predicted octanol–water partition coefficient (Wildman–Crippen LogP) is 4.89. The fraction of sp³-hybridized carbons (Fsp3) is 0.409. The number of amides is 1. The molecular weight excluding hydrogens is 324 g/mol. The van der Waals surface area contributed by atoms with E-state index in [1.807, 2.05) is 43.3 Å². The summed E-state index contributed by atoms with van der Waals surface area (Å²) in [6.45, 7) is 8.31. The Balaban J connectivity index is 1.97. The molecule has 140 valence electrons. The van der Waals surface area contributed by atoms with Crippen LogP contribution in [0, 0.1) is 0 Å². The van der Waals surface area contributed by atoms with Gasteiger partial charge in [-0.05, 0) is 54.7 Å². The minimum absolute atomic E-state index is 0.0331. The molecular formula is C22H30N2O2. The number of anilines is 1. The molecule has 1 amide bonds. The first-order valence-electron chi connectivity index (χ1n) is 9.25. The Kier molecular flexibility index (Phi) is 7.22. The number of carbonyl (C=O) groups excluding carboxylic acids is 1. The number of carbonyl (C=O) groups is 1. The number of ether oxygens (including phenoxy) is 1. The SMILES string of the molecule is CC[C@H](N[C@H](C)C(=O)Nc1ccc(C(C)C)cc1)c1ccc(OC)cc1. The third kappa shape index (κ3) is 5.33. The highest BCUT2D eigenvalue weighted by Gasteiger charge is 2.18.